The van der Waals surface area contributed by atoms with Gasteiger partial charge in [-0.25, -0.2) is 0 Å². The van der Waals surface area contributed by atoms with E-state index in [1.54, 1.807) is 0 Å². The van der Waals surface area contributed by atoms with Crippen LogP contribution in [-0.2, 0) is 4.79 Å². The van der Waals surface area contributed by atoms with Gasteiger partial charge in [-0.2, -0.15) is 0 Å². The summed E-state index contributed by atoms with van der Waals surface area (Å²) < 4.78 is 0. The Morgan fingerprint density at radius 2 is 1.95 bits per heavy atom. The van der Waals surface area contributed by atoms with Gasteiger partial charge in [0.25, 0.3) is 0 Å². The van der Waals surface area contributed by atoms with Gasteiger partial charge >= 0.3 is 0 Å². The minimum atomic E-state index is -0.645. The maximum Gasteiger partial charge on any atom is 0.136 e. The molecule has 3 nitrogen and oxygen atoms in total. The lowest BCUT2D eigenvalue weighted by Gasteiger charge is -2.53. The molecule has 21 heavy (non-hydrogen) atoms. The highest BCUT2D eigenvalue weighted by atomic mass is 16.3. The Labute approximate surface area is 129 Å². The highest BCUT2D eigenvalue weighted by Gasteiger charge is 2.52. The standard InChI is InChI=1S/C18H32O3/c1-16(2,20)9-5-6-14-15(19)8-7-13-12-17(3,21)10-11-18(13,14)4/h13-14,20-21H,5-12H2,1-4H3. The summed E-state index contributed by atoms with van der Waals surface area (Å²) in [6, 6.07) is 0. The summed E-state index contributed by atoms with van der Waals surface area (Å²) >= 11 is 0. The zero-order valence-electron chi connectivity index (χ0n) is 14.1. The molecule has 2 aliphatic carbocycles. The van der Waals surface area contributed by atoms with E-state index in [1.165, 1.54) is 0 Å². The monoisotopic (exact) mass is 296 g/mol. The van der Waals surface area contributed by atoms with E-state index in [9.17, 15) is 15.0 Å². The molecule has 0 aromatic heterocycles. The van der Waals surface area contributed by atoms with Crippen LogP contribution in [0.2, 0.25) is 0 Å². The van der Waals surface area contributed by atoms with Crippen molar-refractivity contribution >= 4 is 5.78 Å². The summed E-state index contributed by atoms with van der Waals surface area (Å²) in [6.07, 6.45) is 6.72. The van der Waals surface area contributed by atoms with E-state index in [1.807, 2.05) is 20.8 Å². The molecule has 0 aliphatic heterocycles. The minimum absolute atomic E-state index is 0.0527. The van der Waals surface area contributed by atoms with Gasteiger partial charge in [0.05, 0.1) is 11.2 Å². The lowest BCUT2D eigenvalue weighted by Crippen LogP contribution is -2.51. The van der Waals surface area contributed by atoms with Crippen molar-refractivity contribution in [3.63, 3.8) is 0 Å². The molecular formula is C18H32O3. The van der Waals surface area contributed by atoms with Crippen LogP contribution in [0.1, 0.15) is 79.1 Å². The number of carbonyl (C=O) groups excluding carboxylic acids is 1. The number of hydrogen-bond donors (Lipinski definition) is 2. The smallest absolute Gasteiger partial charge is 0.136 e. The Kier molecular flexibility index (Phi) is 4.57. The van der Waals surface area contributed by atoms with E-state index in [0.717, 1.165) is 44.9 Å². The number of aliphatic hydroxyl groups is 2. The number of ketones is 1. The maximum atomic E-state index is 12.4. The predicted octanol–water partition coefficient (Wildman–Crippen LogP) is 3.46. The molecule has 4 unspecified atom stereocenters. The minimum Gasteiger partial charge on any atom is -0.390 e. The molecular weight excluding hydrogens is 264 g/mol. The van der Waals surface area contributed by atoms with Gasteiger partial charge in [-0.1, -0.05) is 6.92 Å². The third kappa shape index (κ3) is 3.87. The molecule has 0 heterocycles. The summed E-state index contributed by atoms with van der Waals surface area (Å²) in [5.41, 5.74) is -1.15. The molecule has 4 atom stereocenters. The van der Waals surface area contributed by atoms with Crippen LogP contribution < -0.4 is 0 Å². The highest BCUT2D eigenvalue weighted by Crippen LogP contribution is 2.55. The van der Waals surface area contributed by atoms with Crippen LogP contribution >= 0.6 is 0 Å². The van der Waals surface area contributed by atoms with Gasteiger partial charge in [0.2, 0.25) is 0 Å². The molecule has 2 saturated carbocycles. The lowest BCUT2D eigenvalue weighted by molar-refractivity contribution is -0.144. The zero-order valence-corrected chi connectivity index (χ0v) is 14.1. The molecule has 3 heteroatoms. The molecule has 0 saturated heterocycles. The van der Waals surface area contributed by atoms with Crippen LogP contribution in [0.4, 0.5) is 0 Å². The molecule has 2 aliphatic rings. The molecule has 0 aromatic carbocycles. The molecule has 122 valence electrons. The number of fused-ring (bicyclic) bond motifs is 1. The Bertz CT molecular complexity index is 394. The lowest BCUT2D eigenvalue weighted by atomic mass is 9.52. The van der Waals surface area contributed by atoms with Crippen LogP contribution in [-0.4, -0.2) is 27.2 Å². The number of hydrogen-bond acceptors (Lipinski definition) is 3. The quantitative estimate of drug-likeness (QED) is 0.835. The van der Waals surface area contributed by atoms with Gasteiger partial charge in [-0.3, -0.25) is 4.79 Å². The van der Waals surface area contributed by atoms with Crippen LogP contribution in [0.5, 0.6) is 0 Å². The van der Waals surface area contributed by atoms with Crippen LogP contribution in [0.3, 0.4) is 0 Å². The van der Waals surface area contributed by atoms with Crippen LogP contribution in [0.25, 0.3) is 0 Å². The van der Waals surface area contributed by atoms with E-state index in [2.05, 4.69) is 6.92 Å². The van der Waals surface area contributed by atoms with Gasteiger partial charge in [-0.05, 0) is 77.0 Å². The molecule has 2 rings (SSSR count). The van der Waals surface area contributed by atoms with Crippen molar-refractivity contribution in [2.24, 2.45) is 17.3 Å². The molecule has 0 radical (unpaired) electrons. The van der Waals surface area contributed by atoms with Gasteiger partial charge in [0, 0.05) is 12.3 Å². The van der Waals surface area contributed by atoms with Gasteiger partial charge in [0.1, 0.15) is 5.78 Å². The van der Waals surface area contributed by atoms with Gasteiger partial charge in [0.15, 0.2) is 0 Å². The number of Topliss-reactive ketones (excluding diaryl/α,β-unsaturated/α-hetero) is 1. The van der Waals surface area contributed by atoms with Crippen molar-refractivity contribution in [1.29, 1.82) is 0 Å². The number of carbonyl (C=O) groups is 1. The Balaban J connectivity index is 2.06. The highest BCUT2D eigenvalue weighted by molar-refractivity contribution is 5.82. The number of rotatable bonds is 4. The first-order valence-corrected chi connectivity index (χ1v) is 8.51. The van der Waals surface area contributed by atoms with Gasteiger partial charge in [-0.15, -0.1) is 0 Å². The summed E-state index contributed by atoms with van der Waals surface area (Å²) in [6.45, 7) is 7.86. The van der Waals surface area contributed by atoms with Crippen LogP contribution in [0, 0.1) is 17.3 Å². The van der Waals surface area contributed by atoms with Crippen molar-refractivity contribution in [2.45, 2.75) is 90.3 Å². The molecule has 0 spiro atoms. The van der Waals surface area contributed by atoms with Crippen molar-refractivity contribution in [2.75, 3.05) is 0 Å². The molecule has 2 fully saturated rings. The van der Waals surface area contributed by atoms with Crippen molar-refractivity contribution in [3.05, 3.63) is 0 Å². The second kappa shape index (κ2) is 5.66. The summed E-state index contributed by atoms with van der Waals surface area (Å²) in [4.78, 5) is 12.4. The van der Waals surface area contributed by atoms with Gasteiger partial charge < -0.3 is 10.2 Å². The van der Waals surface area contributed by atoms with Crippen molar-refractivity contribution < 1.29 is 15.0 Å². The van der Waals surface area contributed by atoms with E-state index >= 15 is 0 Å². The second-order valence-corrected chi connectivity index (χ2v) is 8.67. The van der Waals surface area contributed by atoms with E-state index in [4.69, 9.17) is 0 Å². The largest absolute Gasteiger partial charge is 0.390 e. The summed E-state index contributed by atoms with van der Waals surface area (Å²) in [5, 5.41) is 20.2. The third-order valence-corrected chi connectivity index (χ3v) is 6.03. The fraction of sp³-hybridized carbons (Fsp3) is 0.944. The SMILES string of the molecule is CC(C)(O)CCCC1C(=O)CCC2CC(C)(O)CCC21C. The average Bonchev–Trinajstić information content (AvgIpc) is 2.33. The molecule has 2 N–H and O–H groups in total. The maximum absolute atomic E-state index is 12.4. The Morgan fingerprint density at radius 1 is 1.29 bits per heavy atom. The molecule has 0 bridgehead atoms. The zero-order chi connectivity index (χ0) is 15.9. The summed E-state index contributed by atoms with van der Waals surface area (Å²) in [5.74, 6) is 0.992. The van der Waals surface area contributed by atoms with Crippen molar-refractivity contribution in [1.82, 2.24) is 0 Å². The fourth-order valence-corrected chi connectivity index (χ4v) is 4.59. The van der Waals surface area contributed by atoms with E-state index in [-0.39, 0.29) is 11.3 Å². The van der Waals surface area contributed by atoms with Crippen LogP contribution in [0.15, 0.2) is 0 Å². The fourth-order valence-electron chi connectivity index (χ4n) is 4.59. The topological polar surface area (TPSA) is 57.5 Å². The Hall–Kier alpha value is -0.410. The van der Waals surface area contributed by atoms with E-state index < -0.39 is 11.2 Å². The first-order valence-electron chi connectivity index (χ1n) is 8.51. The average molecular weight is 296 g/mol. The normalized spacial score (nSPS) is 41.0. The molecule has 0 aromatic rings. The first-order chi connectivity index (χ1) is 9.54. The second-order valence-electron chi connectivity index (χ2n) is 8.67. The van der Waals surface area contributed by atoms with Crippen molar-refractivity contribution in [3.8, 4) is 0 Å². The summed E-state index contributed by atoms with van der Waals surface area (Å²) in [7, 11) is 0. The van der Waals surface area contributed by atoms with E-state index in [0.29, 0.717) is 18.1 Å². The third-order valence-electron chi connectivity index (χ3n) is 6.03. The predicted molar refractivity (Wildman–Crippen MR) is 84.0 cm³/mol. The Morgan fingerprint density at radius 3 is 2.57 bits per heavy atom. The molecule has 0 amide bonds. The first kappa shape index (κ1) is 17.0.